The fourth-order valence-electron chi connectivity index (χ4n) is 11.3. The molecule has 0 aromatic carbocycles. The third kappa shape index (κ3) is 32.4. The normalized spacial score (nSPS) is 21.8. The Hall–Kier alpha value is 0. The van der Waals surface area contributed by atoms with Crippen molar-refractivity contribution in [2.75, 3.05) is 0 Å². The van der Waals surface area contributed by atoms with Gasteiger partial charge in [0.2, 0.25) is 0 Å². The van der Waals surface area contributed by atoms with Crippen molar-refractivity contribution in [3.8, 4) is 0 Å². The fraction of sp³-hybridized carbons (Fsp3) is 1.00. The molecular weight excluding hydrogens is 685 g/mol. The van der Waals surface area contributed by atoms with Gasteiger partial charge in [0.05, 0.1) is 0 Å². The number of hydrogen-bond donors (Lipinski definition) is 0. The Kier molecular flexibility index (Phi) is 34.3. The molecule has 0 nitrogen and oxygen atoms in total. The van der Waals surface area contributed by atoms with Gasteiger partial charge in [0.15, 0.2) is 0 Å². The molecule has 6 aliphatic rings. The Labute approximate surface area is 364 Å². The average molecular weight is 800 g/mol. The van der Waals surface area contributed by atoms with Crippen LogP contribution >= 0.6 is 0 Å². The fourth-order valence-corrected chi connectivity index (χ4v) is 11.3. The largest absolute Gasteiger partial charge is 0.0628 e. The van der Waals surface area contributed by atoms with Crippen LogP contribution in [-0.4, -0.2) is 0 Å². The molecule has 0 bridgehead atoms. The van der Waals surface area contributed by atoms with Crippen molar-refractivity contribution in [2.45, 2.75) is 295 Å². The molecule has 0 N–H and O–H groups in total. The van der Waals surface area contributed by atoms with Crippen LogP contribution in [0.5, 0.6) is 0 Å². The first-order chi connectivity index (χ1) is 27.3. The Morgan fingerprint density at radius 2 is 0.491 bits per heavy atom. The van der Waals surface area contributed by atoms with Crippen molar-refractivity contribution < 1.29 is 0 Å². The van der Waals surface area contributed by atoms with E-state index in [1.807, 2.05) is 0 Å². The SMILES string of the molecule is CC(C)C1CCCC1.CC(C)C1CCCCC1.CC(C)CC1CCCC1.CC(C)CC1CCCCC1.CC(C)CCC1CCCC1.CC(C)CCC1CCCCC1. The van der Waals surface area contributed by atoms with Crippen molar-refractivity contribution in [3.05, 3.63) is 0 Å². The van der Waals surface area contributed by atoms with Gasteiger partial charge < -0.3 is 0 Å². The topological polar surface area (TPSA) is 0 Å². The van der Waals surface area contributed by atoms with Crippen LogP contribution in [0.15, 0.2) is 0 Å². The minimum absolute atomic E-state index is 0.914. The Balaban J connectivity index is 0.000000343. The van der Waals surface area contributed by atoms with Gasteiger partial charge in [-0.25, -0.2) is 0 Å². The van der Waals surface area contributed by atoms with Crippen LogP contribution in [0.4, 0.5) is 0 Å². The van der Waals surface area contributed by atoms with Gasteiger partial charge in [-0.05, 0) is 83.9 Å². The van der Waals surface area contributed by atoms with Gasteiger partial charge in [-0.1, -0.05) is 282 Å². The van der Waals surface area contributed by atoms with Crippen LogP contribution in [0.1, 0.15) is 295 Å². The maximum Gasteiger partial charge on any atom is -0.0391 e. The standard InChI is InChI=1S/C11H22.2C10H20.2C9H18.C8H16/c1-10(2)8-9-11-6-4-3-5-7-11;1-9(2)7-8-10-5-3-4-6-10;1-9(2)8-10-6-4-3-5-7-10;1-8(2)7-9-5-3-4-6-9;1-8(2)9-6-4-3-5-7-9;1-7(2)8-5-3-4-6-8/h10-11H,3-9H2,1-2H3;2*9-10H,3-8H2,1-2H3;2*8-9H,3-7H2,1-2H3;7-8H,3-6H2,1-2H3. The molecule has 57 heavy (non-hydrogen) atoms. The number of hydrogen-bond acceptors (Lipinski definition) is 0. The van der Waals surface area contributed by atoms with E-state index >= 15 is 0 Å². The van der Waals surface area contributed by atoms with Crippen LogP contribution in [-0.2, 0) is 0 Å². The van der Waals surface area contributed by atoms with Crippen LogP contribution in [0.3, 0.4) is 0 Å². The quantitative estimate of drug-likeness (QED) is 0.184. The summed E-state index contributed by atoms with van der Waals surface area (Å²) in [6.07, 6.45) is 49.4. The first kappa shape index (κ1) is 55.0. The second-order valence-electron chi connectivity index (χ2n) is 23.4. The van der Waals surface area contributed by atoms with E-state index in [4.69, 9.17) is 0 Å². The van der Waals surface area contributed by atoms with Gasteiger partial charge in [-0.2, -0.15) is 0 Å². The summed E-state index contributed by atoms with van der Waals surface area (Å²) in [6, 6.07) is 0. The highest BCUT2D eigenvalue weighted by Crippen LogP contribution is 2.33. The van der Waals surface area contributed by atoms with Crippen molar-refractivity contribution in [3.63, 3.8) is 0 Å². The van der Waals surface area contributed by atoms with E-state index in [2.05, 4.69) is 83.1 Å². The molecule has 0 radical (unpaired) electrons. The van der Waals surface area contributed by atoms with Gasteiger partial charge in [-0.15, -0.1) is 0 Å². The van der Waals surface area contributed by atoms with E-state index in [0.717, 1.165) is 71.0 Å². The van der Waals surface area contributed by atoms with E-state index in [-0.39, 0.29) is 0 Å². The molecule has 0 aliphatic heterocycles. The molecule has 0 atom stereocenters. The lowest BCUT2D eigenvalue weighted by Gasteiger charge is -2.24. The van der Waals surface area contributed by atoms with E-state index in [1.54, 1.807) is 0 Å². The van der Waals surface area contributed by atoms with Crippen LogP contribution in [0.2, 0.25) is 0 Å². The van der Waals surface area contributed by atoms with Crippen LogP contribution in [0, 0.1) is 71.0 Å². The molecule has 0 spiro atoms. The molecular formula is C57H114. The van der Waals surface area contributed by atoms with Gasteiger partial charge in [-0.3, -0.25) is 0 Å². The average Bonchev–Trinajstić information content (AvgIpc) is 4.01. The minimum Gasteiger partial charge on any atom is -0.0628 e. The third-order valence-electron chi connectivity index (χ3n) is 15.2. The summed E-state index contributed by atoms with van der Waals surface area (Å²) >= 11 is 0. The summed E-state index contributed by atoms with van der Waals surface area (Å²) in [5.41, 5.74) is 0. The van der Waals surface area contributed by atoms with Crippen molar-refractivity contribution in [1.29, 1.82) is 0 Å². The molecule has 6 rings (SSSR count). The molecule has 0 aromatic heterocycles. The lowest BCUT2D eigenvalue weighted by Crippen LogP contribution is -2.12. The smallest absolute Gasteiger partial charge is 0.0391 e. The minimum atomic E-state index is 0.914. The Morgan fingerprint density at radius 1 is 0.263 bits per heavy atom. The highest BCUT2D eigenvalue weighted by atomic mass is 14.2. The second-order valence-corrected chi connectivity index (χ2v) is 23.4. The summed E-state index contributed by atoms with van der Waals surface area (Å²) in [5.74, 6) is 12.0. The first-order valence-corrected chi connectivity index (χ1v) is 27.3. The summed E-state index contributed by atoms with van der Waals surface area (Å²) in [7, 11) is 0. The van der Waals surface area contributed by atoms with Crippen LogP contribution < -0.4 is 0 Å². The monoisotopic (exact) mass is 799 g/mol. The van der Waals surface area contributed by atoms with Gasteiger partial charge in [0, 0.05) is 0 Å². The molecule has 6 saturated carbocycles. The Bertz CT molecular complexity index is 795. The zero-order valence-electron chi connectivity index (χ0n) is 42.3. The van der Waals surface area contributed by atoms with E-state index in [0.29, 0.717) is 0 Å². The summed E-state index contributed by atoms with van der Waals surface area (Å²) in [5, 5.41) is 0. The molecule has 0 aromatic rings. The lowest BCUT2D eigenvalue weighted by molar-refractivity contribution is 0.279. The molecule has 0 heterocycles. The molecule has 0 saturated heterocycles. The summed E-state index contributed by atoms with van der Waals surface area (Å²) in [6.45, 7) is 28.1. The summed E-state index contributed by atoms with van der Waals surface area (Å²) in [4.78, 5) is 0. The molecule has 0 amide bonds. The number of rotatable bonds is 12. The van der Waals surface area contributed by atoms with E-state index in [9.17, 15) is 0 Å². The van der Waals surface area contributed by atoms with Crippen molar-refractivity contribution in [2.24, 2.45) is 71.0 Å². The summed E-state index contributed by atoms with van der Waals surface area (Å²) < 4.78 is 0. The van der Waals surface area contributed by atoms with Crippen molar-refractivity contribution in [1.82, 2.24) is 0 Å². The third-order valence-corrected chi connectivity index (χ3v) is 15.2. The van der Waals surface area contributed by atoms with Crippen molar-refractivity contribution >= 4 is 0 Å². The van der Waals surface area contributed by atoms with E-state index in [1.165, 1.54) is 212 Å². The highest BCUT2D eigenvalue weighted by molar-refractivity contribution is 4.71. The molecule has 0 unspecified atom stereocenters. The predicted molar refractivity (Wildman–Crippen MR) is 262 cm³/mol. The van der Waals surface area contributed by atoms with Gasteiger partial charge in [0.25, 0.3) is 0 Å². The zero-order chi connectivity index (χ0) is 42.3. The first-order valence-electron chi connectivity index (χ1n) is 27.3. The van der Waals surface area contributed by atoms with E-state index < -0.39 is 0 Å². The lowest BCUT2D eigenvalue weighted by atomic mass is 9.82. The van der Waals surface area contributed by atoms with Crippen LogP contribution in [0.25, 0.3) is 0 Å². The molecule has 6 aliphatic carbocycles. The molecule has 0 heteroatoms. The molecule has 6 fully saturated rings. The second kappa shape index (κ2) is 35.6. The maximum atomic E-state index is 2.36. The van der Waals surface area contributed by atoms with Gasteiger partial charge >= 0.3 is 0 Å². The predicted octanol–water partition coefficient (Wildman–Crippen LogP) is 20.5. The highest BCUT2D eigenvalue weighted by Gasteiger charge is 2.19. The Morgan fingerprint density at radius 3 is 0.719 bits per heavy atom. The van der Waals surface area contributed by atoms with Gasteiger partial charge in [0.1, 0.15) is 0 Å². The zero-order valence-corrected chi connectivity index (χ0v) is 42.3. The molecule has 342 valence electrons. The maximum absolute atomic E-state index is 2.36.